The second-order valence-corrected chi connectivity index (χ2v) is 4.57. The Morgan fingerprint density at radius 3 is 2.93 bits per heavy atom. The molecule has 0 saturated carbocycles. The van der Waals surface area contributed by atoms with Gasteiger partial charge in [-0.2, -0.15) is 0 Å². The van der Waals surface area contributed by atoms with Crippen LogP contribution in [0.5, 0.6) is 0 Å². The fraction of sp³-hybridized carbons (Fsp3) is 0.833. The minimum absolute atomic E-state index is 0. The summed E-state index contributed by atoms with van der Waals surface area (Å²) in [6, 6.07) is 0. The molecular weight excluding hydrogens is 252 g/mol. The number of hydrogen-bond acceptors (Lipinski definition) is 1. The predicted molar refractivity (Wildman–Crippen MR) is 59.1 cm³/mol. The van der Waals surface area contributed by atoms with Gasteiger partial charge in [0.1, 0.15) is 12.4 Å². The van der Waals surface area contributed by atoms with E-state index >= 15 is 0 Å². The van der Waals surface area contributed by atoms with Crippen LogP contribution >= 0.6 is 0 Å². The first-order valence-electron chi connectivity index (χ1n) is 6.18. The highest BCUT2D eigenvalue weighted by Gasteiger charge is 2.25. The largest absolute Gasteiger partial charge is 1.00 e. The van der Waals surface area contributed by atoms with Gasteiger partial charge >= 0.3 is 0 Å². The molecule has 0 aromatic rings. The highest BCUT2D eigenvalue weighted by atomic mass is 79.9. The van der Waals surface area contributed by atoms with Crippen LogP contribution in [-0.2, 0) is 0 Å². The van der Waals surface area contributed by atoms with E-state index in [-0.39, 0.29) is 17.0 Å². The molecule has 1 atom stereocenters. The van der Waals surface area contributed by atoms with E-state index in [0.717, 1.165) is 0 Å². The maximum Gasteiger partial charge on any atom is 0.135 e. The highest BCUT2D eigenvalue weighted by Crippen LogP contribution is 2.20. The van der Waals surface area contributed by atoms with Gasteiger partial charge in [-0.1, -0.05) is 13.3 Å². The monoisotopic (exact) mass is 274 g/mol. The second-order valence-electron chi connectivity index (χ2n) is 4.57. The van der Waals surface area contributed by atoms with Crippen molar-refractivity contribution in [3.63, 3.8) is 0 Å². The fourth-order valence-electron chi connectivity index (χ4n) is 2.82. The molecule has 0 radical (unpaired) electrons. The summed E-state index contributed by atoms with van der Waals surface area (Å²) in [6.07, 6.45) is 8.13. The lowest BCUT2D eigenvalue weighted by Crippen LogP contribution is -3.12. The van der Waals surface area contributed by atoms with E-state index in [4.69, 9.17) is 0 Å². The van der Waals surface area contributed by atoms with Crippen LogP contribution in [0.15, 0.2) is 11.3 Å². The Hall–Kier alpha value is 0.140. The van der Waals surface area contributed by atoms with Crippen molar-refractivity contribution in [1.82, 2.24) is 5.32 Å². The molecule has 1 unspecified atom stereocenters. The molecule has 2 aliphatic rings. The number of allylic oxidation sites excluding steroid dienone is 2. The summed E-state index contributed by atoms with van der Waals surface area (Å²) in [6.45, 7) is 6.04. The van der Waals surface area contributed by atoms with Crippen LogP contribution in [-0.4, -0.2) is 19.8 Å². The molecule has 0 aromatic carbocycles. The van der Waals surface area contributed by atoms with Crippen LogP contribution in [0, 0.1) is 0 Å². The molecule has 1 fully saturated rings. The van der Waals surface area contributed by atoms with Crippen LogP contribution < -0.4 is 27.2 Å². The lowest BCUT2D eigenvalue weighted by molar-refractivity contribution is -0.867. The SMILES string of the molecule is CCCC1=C2CCCNC[NH+]2CCC1.[Br-]. The first-order valence-corrected chi connectivity index (χ1v) is 6.18. The zero-order chi connectivity index (χ0) is 9.80. The third-order valence-electron chi connectivity index (χ3n) is 3.48. The summed E-state index contributed by atoms with van der Waals surface area (Å²) in [5, 5.41) is 3.54. The molecule has 3 heteroatoms. The third-order valence-corrected chi connectivity index (χ3v) is 3.48. The van der Waals surface area contributed by atoms with Crippen molar-refractivity contribution in [2.75, 3.05) is 19.8 Å². The van der Waals surface area contributed by atoms with Gasteiger partial charge in [0.05, 0.1) is 6.54 Å². The Morgan fingerprint density at radius 2 is 2.13 bits per heavy atom. The van der Waals surface area contributed by atoms with Crippen LogP contribution in [0.2, 0.25) is 0 Å². The molecule has 0 amide bonds. The normalized spacial score (nSPS) is 26.6. The van der Waals surface area contributed by atoms with Gasteiger partial charge in [0.2, 0.25) is 0 Å². The maximum atomic E-state index is 3.54. The van der Waals surface area contributed by atoms with E-state index in [1.54, 1.807) is 16.2 Å². The van der Waals surface area contributed by atoms with E-state index < -0.39 is 0 Å². The van der Waals surface area contributed by atoms with Crippen molar-refractivity contribution in [2.45, 2.75) is 45.4 Å². The van der Waals surface area contributed by atoms with Crippen molar-refractivity contribution < 1.29 is 21.9 Å². The summed E-state index contributed by atoms with van der Waals surface area (Å²) in [7, 11) is 0. The van der Waals surface area contributed by atoms with Crippen LogP contribution in [0.25, 0.3) is 0 Å². The van der Waals surface area contributed by atoms with Gasteiger partial charge in [0.15, 0.2) is 0 Å². The number of nitrogens with one attached hydrogen (secondary N) is 2. The smallest absolute Gasteiger partial charge is 0.135 e. The Morgan fingerprint density at radius 1 is 1.27 bits per heavy atom. The molecule has 2 heterocycles. The van der Waals surface area contributed by atoms with Crippen molar-refractivity contribution in [2.24, 2.45) is 0 Å². The molecule has 2 aliphatic heterocycles. The van der Waals surface area contributed by atoms with Gasteiger partial charge in [-0.3, -0.25) is 10.2 Å². The molecule has 0 aliphatic carbocycles. The van der Waals surface area contributed by atoms with Crippen LogP contribution in [0.3, 0.4) is 0 Å². The lowest BCUT2D eigenvalue weighted by atomic mass is 9.96. The van der Waals surface area contributed by atoms with E-state index in [1.807, 2.05) is 0 Å². The Balaban J connectivity index is 0.00000112. The Labute approximate surface area is 104 Å². The summed E-state index contributed by atoms with van der Waals surface area (Å²) in [4.78, 5) is 1.73. The minimum atomic E-state index is 0. The highest BCUT2D eigenvalue weighted by molar-refractivity contribution is 5.09. The number of hydrogen-bond donors (Lipinski definition) is 2. The van der Waals surface area contributed by atoms with E-state index in [1.165, 1.54) is 58.3 Å². The number of rotatable bonds is 2. The minimum Gasteiger partial charge on any atom is -1.00 e. The van der Waals surface area contributed by atoms with Gasteiger partial charge in [0.25, 0.3) is 0 Å². The molecule has 2 N–H and O–H groups in total. The maximum absolute atomic E-state index is 3.54. The van der Waals surface area contributed by atoms with Gasteiger partial charge in [-0.25, -0.2) is 0 Å². The quantitative estimate of drug-likeness (QED) is 0.600. The van der Waals surface area contributed by atoms with Crippen molar-refractivity contribution in [3.05, 3.63) is 11.3 Å². The fourth-order valence-corrected chi connectivity index (χ4v) is 2.82. The van der Waals surface area contributed by atoms with Gasteiger partial charge < -0.3 is 17.0 Å². The van der Waals surface area contributed by atoms with Crippen LogP contribution in [0.4, 0.5) is 0 Å². The molecule has 0 spiro atoms. The van der Waals surface area contributed by atoms with Crippen molar-refractivity contribution in [3.8, 4) is 0 Å². The van der Waals surface area contributed by atoms with Crippen molar-refractivity contribution >= 4 is 0 Å². The van der Waals surface area contributed by atoms with Gasteiger partial charge in [-0.05, 0) is 24.8 Å². The molecule has 0 bridgehead atoms. The van der Waals surface area contributed by atoms with E-state index in [0.29, 0.717) is 0 Å². The Kier molecular flexibility index (Phi) is 5.87. The van der Waals surface area contributed by atoms with Crippen molar-refractivity contribution in [1.29, 1.82) is 0 Å². The average molecular weight is 275 g/mol. The lowest BCUT2D eigenvalue weighted by Gasteiger charge is -2.27. The Bertz CT molecular complexity index is 226. The summed E-state index contributed by atoms with van der Waals surface area (Å²) in [5.74, 6) is 0. The zero-order valence-electron chi connectivity index (χ0n) is 9.74. The average Bonchev–Trinajstić information content (AvgIpc) is 2.44. The van der Waals surface area contributed by atoms with E-state index in [2.05, 4.69) is 12.2 Å². The number of halogens is 1. The van der Waals surface area contributed by atoms with Gasteiger partial charge in [0, 0.05) is 19.4 Å². The molecule has 2 rings (SSSR count). The summed E-state index contributed by atoms with van der Waals surface area (Å²) in [5.41, 5.74) is 3.56. The zero-order valence-corrected chi connectivity index (χ0v) is 11.3. The van der Waals surface area contributed by atoms with Gasteiger partial charge in [-0.15, -0.1) is 0 Å². The number of fused-ring (bicyclic) bond motifs is 1. The van der Waals surface area contributed by atoms with E-state index in [9.17, 15) is 0 Å². The number of quaternary nitrogens is 1. The standard InChI is InChI=1S/C12H22N2.BrH/c1-2-5-11-6-4-9-14-10-13-8-3-7-12(11)14;/h13H,2-10H2,1H3;1H. The molecular formula is C12H23BrN2. The second kappa shape index (κ2) is 6.66. The summed E-state index contributed by atoms with van der Waals surface area (Å²) >= 11 is 0. The topological polar surface area (TPSA) is 16.5 Å². The predicted octanol–water partition coefficient (Wildman–Crippen LogP) is -1.94. The first kappa shape index (κ1) is 13.2. The molecule has 2 nitrogen and oxygen atoms in total. The molecule has 15 heavy (non-hydrogen) atoms. The molecule has 1 saturated heterocycles. The third kappa shape index (κ3) is 3.30. The van der Waals surface area contributed by atoms with Crippen LogP contribution in [0.1, 0.15) is 45.4 Å². The first-order chi connectivity index (χ1) is 6.92. The molecule has 88 valence electrons. The molecule has 0 aromatic heterocycles. The summed E-state index contributed by atoms with van der Waals surface area (Å²) < 4.78 is 0.